The highest BCUT2D eigenvalue weighted by molar-refractivity contribution is 5.77. The van der Waals surface area contributed by atoms with E-state index in [2.05, 4.69) is 17.4 Å². The van der Waals surface area contributed by atoms with Crippen molar-refractivity contribution in [2.75, 3.05) is 0 Å². The molecule has 3 heteroatoms. The highest BCUT2D eigenvalue weighted by Gasteiger charge is 2.40. The van der Waals surface area contributed by atoms with Gasteiger partial charge in [-0.3, -0.25) is 0 Å². The van der Waals surface area contributed by atoms with Crippen molar-refractivity contribution >= 4 is 6.03 Å². The average Bonchev–Trinajstić information content (AvgIpc) is 2.68. The normalized spacial score (nSPS) is 27.8. The third kappa shape index (κ3) is 2.02. The molecule has 1 N–H and O–H groups in total. The van der Waals surface area contributed by atoms with Crippen molar-refractivity contribution in [3.05, 3.63) is 35.9 Å². The molecule has 2 atom stereocenters. The molecule has 2 fully saturated rings. The van der Waals surface area contributed by atoms with Gasteiger partial charge < -0.3 is 10.2 Å². The van der Waals surface area contributed by atoms with Crippen LogP contribution in [0, 0.1) is 0 Å². The molecule has 2 amide bonds. The van der Waals surface area contributed by atoms with E-state index < -0.39 is 0 Å². The number of hydrogen-bond acceptors (Lipinski definition) is 1. The molecule has 0 aromatic heterocycles. The molecule has 0 bridgehead atoms. The summed E-state index contributed by atoms with van der Waals surface area (Å²) in [4.78, 5) is 14.0. The van der Waals surface area contributed by atoms with Gasteiger partial charge in [0.1, 0.15) is 0 Å². The lowest BCUT2D eigenvalue weighted by atomic mass is 9.91. The van der Waals surface area contributed by atoms with E-state index in [9.17, 15) is 4.79 Å². The van der Waals surface area contributed by atoms with Crippen molar-refractivity contribution < 1.29 is 4.79 Å². The first-order valence-corrected chi connectivity index (χ1v) is 6.45. The Morgan fingerprint density at radius 3 is 2.76 bits per heavy atom. The number of carbonyl (C=O) groups is 1. The van der Waals surface area contributed by atoms with Crippen molar-refractivity contribution in [1.82, 2.24) is 10.2 Å². The summed E-state index contributed by atoms with van der Waals surface area (Å²) < 4.78 is 0. The van der Waals surface area contributed by atoms with E-state index in [1.807, 2.05) is 23.1 Å². The molecule has 3 rings (SSSR count). The van der Waals surface area contributed by atoms with Gasteiger partial charge in [0.15, 0.2) is 0 Å². The summed E-state index contributed by atoms with van der Waals surface area (Å²) in [5, 5.41) is 3.11. The summed E-state index contributed by atoms with van der Waals surface area (Å²) in [6.07, 6.45) is 4.79. The molecule has 0 radical (unpaired) electrons. The zero-order valence-electron chi connectivity index (χ0n) is 9.93. The Hall–Kier alpha value is -1.51. The summed E-state index contributed by atoms with van der Waals surface area (Å²) in [5.74, 6) is 0. The average molecular weight is 230 g/mol. The standard InChI is InChI=1S/C14H18N2O/c17-14-15-12-8-4-5-9-13(12)16(14)10-11-6-2-1-3-7-11/h1-3,6-7,12-13H,4-5,8-10H2,(H,15,17)/t12-,13-/m0/s1. The molecule has 1 saturated heterocycles. The maximum Gasteiger partial charge on any atom is 0.318 e. The molecule has 1 aliphatic heterocycles. The first-order chi connectivity index (χ1) is 8.34. The van der Waals surface area contributed by atoms with Gasteiger partial charge >= 0.3 is 6.03 Å². The van der Waals surface area contributed by atoms with Crippen molar-refractivity contribution in [2.45, 2.75) is 44.3 Å². The summed E-state index contributed by atoms with van der Waals surface area (Å²) in [6, 6.07) is 11.2. The lowest BCUT2D eigenvalue weighted by Crippen LogP contribution is -2.38. The molecule has 1 aromatic rings. The van der Waals surface area contributed by atoms with Crippen LogP contribution in [-0.2, 0) is 6.54 Å². The molecular formula is C14H18N2O. The topological polar surface area (TPSA) is 32.3 Å². The summed E-state index contributed by atoms with van der Waals surface area (Å²) >= 11 is 0. The molecule has 17 heavy (non-hydrogen) atoms. The van der Waals surface area contributed by atoms with Gasteiger partial charge in [-0.15, -0.1) is 0 Å². The number of fused-ring (bicyclic) bond motifs is 1. The zero-order chi connectivity index (χ0) is 11.7. The van der Waals surface area contributed by atoms with Gasteiger partial charge in [-0.25, -0.2) is 4.79 Å². The van der Waals surface area contributed by atoms with E-state index in [0.29, 0.717) is 12.1 Å². The lowest BCUT2D eigenvalue weighted by Gasteiger charge is -2.29. The van der Waals surface area contributed by atoms with Gasteiger partial charge in [0, 0.05) is 6.54 Å². The second-order valence-electron chi connectivity index (χ2n) is 5.02. The van der Waals surface area contributed by atoms with Crippen molar-refractivity contribution in [3.8, 4) is 0 Å². The maximum atomic E-state index is 12.0. The van der Waals surface area contributed by atoms with E-state index in [1.165, 1.54) is 18.4 Å². The van der Waals surface area contributed by atoms with E-state index in [4.69, 9.17) is 0 Å². The van der Waals surface area contributed by atoms with Crippen LogP contribution >= 0.6 is 0 Å². The summed E-state index contributed by atoms with van der Waals surface area (Å²) in [6.45, 7) is 0.744. The molecule has 2 aliphatic rings. The van der Waals surface area contributed by atoms with Gasteiger partial charge in [0.25, 0.3) is 0 Å². The predicted octanol–water partition coefficient (Wildman–Crippen LogP) is 2.52. The second kappa shape index (κ2) is 4.40. The number of urea groups is 1. The Bertz CT molecular complexity index is 404. The largest absolute Gasteiger partial charge is 0.333 e. The quantitative estimate of drug-likeness (QED) is 0.832. The fourth-order valence-corrected chi connectivity index (χ4v) is 3.01. The molecule has 90 valence electrons. The van der Waals surface area contributed by atoms with Gasteiger partial charge in [0.05, 0.1) is 12.1 Å². The molecule has 1 saturated carbocycles. The monoisotopic (exact) mass is 230 g/mol. The Labute approximate surface area is 102 Å². The van der Waals surface area contributed by atoms with Crippen molar-refractivity contribution in [2.24, 2.45) is 0 Å². The third-order valence-electron chi connectivity index (χ3n) is 3.90. The minimum atomic E-state index is 0.116. The summed E-state index contributed by atoms with van der Waals surface area (Å²) in [7, 11) is 0. The molecule has 1 heterocycles. The smallest absolute Gasteiger partial charge is 0.318 e. The van der Waals surface area contributed by atoms with Gasteiger partial charge in [-0.1, -0.05) is 43.2 Å². The molecular weight excluding hydrogens is 212 g/mol. The molecule has 1 aliphatic carbocycles. The third-order valence-corrected chi connectivity index (χ3v) is 3.90. The number of amides is 2. The summed E-state index contributed by atoms with van der Waals surface area (Å²) in [5.41, 5.74) is 1.22. The first kappa shape index (κ1) is 10.6. The number of carbonyl (C=O) groups excluding carboxylic acids is 1. The van der Waals surface area contributed by atoms with Crippen LogP contribution in [0.5, 0.6) is 0 Å². The molecule has 0 spiro atoms. The number of nitrogens with one attached hydrogen (secondary N) is 1. The lowest BCUT2D eigenvalue weighted by molar-refractivity contribution is 0.186. The fraction of sp³-hybridized carbons (Fsp3) is 0.500. The fourth-order valence-electron chi connectivity index (χ4n) is 3.01. The Kier molecular flexibility index (Phi) is 2.75. The van der Waals surface area contributed by atoms with Gasteiger partial charge in [-0.05, 0) is 18.4 Å². The van der Waals surface area contributed by atoms with Gasteiger partial charge in [-0.2, -0.15) is 0 Å². The number of nitrogens with zero attached hydrogens (tertiary/aromatic N) is 1. The van der Waals surface area contributed by atoms with Crippen LogP contribution in [0.4, 0.5) is 4.79 Å². The molecule has 0 unspecified atom stereocenters. The van der Waals surface area contributed by atoms with Crippen LogP contribution in [0.25, 0.3) is 0 Å². The highest BCUT2D eigenvalue weighted by Crippen LogP contribution is 2.28. The number of benzene rings is 1. The minimum Gasteiger partial charge on any atom is -0.333 e. The Morgan fingerprint density at radius 2 is 1.94 bits per heavy atom. The minimum absolute atomic E-state index is 0.116. The zero-order valence-corrected chi connectivity index (χ0v) is 9.93. The van der Waals surface area contributed by atoms with Crippen LogP contribution in [0.15, 0.2) is 30.3 Å². The van der Waals surface area contributed by atoms with Gasteiger partial charge in [0.2, 0.25) is 0 Å². The van der Waals surface area contributed by atoms with Crippen LogP contribution in [0.1, 0.15) is 31.2 Å². The Balaban J connectivity index is 1.76. The Morgan fingerprint density at radius 1 is 1.18 bits per heavy atom. The second-order valence-corrected chi connectivity index (χ2v) is 5.02. The molecule has 3 nitrogen and oxygen atoms in total. The van der Waals surface area contributed by atoms with Crippen molar-refractivity contribution in [1.29, 1.82) is 0 Å². The number of hydrogen-bond donors (Lipinski definition) is 1. The van der Waals surface area contributed by atoms with E-state index in [1.54, 1.807) is 0 Å². The predicted molar refractivity (Wildman–Crippen MR) is 66.6 cm³/mol. The van der Waals surface area contributed by atoms with E-state index in [0.717, 1.165) is 19.4 Å². The van der Waals surface area contributed by atoms with E-state index >= 15 is 0 Å². The first-order valence-electron chi connectivity index (χ1n) is 6.45. The van der Waals surface area contributed by atoms with Crippen LogP contribution < -0.4 is 5.32 Å². The molecule has 1 aromatic carbocycles. The van der Waals surface area contributed by atoms with Crippen LogP contribution in [0.2, 0.25) is 0 Å². The highest BCUT2D eigenvalue weighted by atomic mass is 16.2. The van der Waals surface area contributed by atoms with E-state index in [-0.39, 0.29) is 6.03 Å². The SMILES string of the molecule is O=C1N[C@H]2CCCC[C@@H]2N1Cc1ccccc1. The van der Waals surface area contributed by atoms with Crippen molar-refractivity contribution in [3.63, 3.8) is 0 Å². The van der Waals surface area contributed by atoms with Crippen LogP contribution in [-0.4, -0.2) is 23.0 Å². The number of rotatable bonds is 2. The van der Waals surface area contributed by atoms with Crippen LogP contribution in [0.3, 0.4) is 0 Å². The maximum absolute atomic E-state index is 12.0.